The molecule has 1 atom stereocenters. The second kappa shape index (κ2) is 13.0. The molecule has 6 heteroatoms. The molecule has 0 aliphatic carbocycles. The van der Waals surface area contributed by atoms with Crippen LogP contribution in [0.4, 0.5) is 0 Å². The van der Waals surface area contributed by atoms with E-state index in [2.05, 4.69) is 34.8 Å². The summed E-state index contributed by atoms with van der Waals surface area (Å²) < 4.78 is 0. The van der Waals surface area contributed by atoms with Crippen LogP contribution < -0.4 is 16.0 Å². The lowest BCUT2D eigenvalue weighted by Gasteiger charge is -2.18. The van der Waals surface area contributed by atoms with Crippen LogP contribution in [0.25, 0.3) is 0 Å². The van der Waals surface area contributed by atoms with E-state index >= 15 is 0 Å². The number of carbonyl (C=O) groups excluding carboxylic acids is 1. The average Bonchev–Trinajstić information content (AvgIpc) is 2.58. The summed E-state index contributed by atoms with van der Waals surface area (Å²) in [4.78, 5) is 15.9. The molecule has 0 heterocycles. The molecule has 1 aromatic rings. The number of carbonyl (C=O) groups is 1. The van der Waals surface area contributed by atoms with Crippen molar-refractivity contribution in [3.8, 4) is 0 Å². The highest BCUT2D eigenvalue weighted by molar-refractivity contribution is 14.0. The Hall–Kier alpha value is -1.31. The summed E-state index contributed by atoms with van der Waals surface area (Å²) in [7, 11) is 3.41. The van der Waals surface area contributed by atoms with E-state index < -0.39 is 0 Å². The third-order valence-electron chi connectivity index (χ3n) is 3.72. The molecule has 0 aliphatic heterocycles. The Kier molecular flexibility index (Phi) is 12.3. The Morgan fingerprint density at radius 1 is 1.29 bits per heavy atom. The predicted octanol–water partition coefficient (Wildman–Crippen LogP) is 3.30. The first-order valence-electron chi connectivity index (χ1n) is 8.38. The zero-order valence-electron chi connectivity index (χ0n) is 15.2. The van der Waals surface area contributed by atoms with Gasteiger partial charge < -0.3 is 16.0 Å². The number of nitrogens with zero attached hydrogens (tertiary/aromatic N) is 1. The molecule has 0 spiro atoms. The summed E-state index contributed by atoms with van der Waals surface area (Å²) in [5.74, 6) is 0.721. The molecule has 1 amide bonds. The zero-order chi connectivity index (χ0) is 17.1. The highest BCUT2D eigenvalue weighted by Crippen LogP contribution is 2.05. The van der Waals surface area contributed by atoms with Crippen molar-refractivity contribution in [1.29, 1.82) is 0 Å². The van der Waals surface area contributed by atoms with Gasteiger partial charge in [-0.2, -0.15) is 0 Å². The van der Waals surface area contributed by atoms with Crippen molar-refractivity contribution in [2.45, 2.75) is 52.1 Å². The lowest BCUT2D eigenvalue weighted by molar-refractivity contribution is 0.0963. The molecular formula is C18H31IN4O. The van der Waals surface area contributed by atoms with Gasteiger partial charge in [-0.1, -0.05) is 38.3 Å². The molecular weight excluding hydrogens is 415 g/mol. The molecule has 5 nitrogen and oxygen atoms in total. The maximum Gasteiger partial charge on any atom is 0.251 e. The van der Waals surface area contributed by atoms with E-state index in [9.17, 15) is 4.79 Å². The van der Waals surface area contributed by atoms with Gasteiger partial charge >= 0.3 is 0 Å². The number of aliphatic imine (C=N–C) groups is 1. The summed E-state index contributed by atoms with van der Waals surface area (Å²) in [5, 5.41) is 9.34. The summed E-state index contributed by atoms with van der Waals surface area (Å²) in [6.07, 6.45) is 4.88. The maximum absolute atomic E-state index is 11.7. The smallest absolute Gasteiger partial charge is 0.251 e. The van der Waals surface area contributed by atoms with Crippen LogP contribution >= 0.6 is 24.0 Å². The van der Waals surface area contributed by atoms with Crippen molar-refractivity contribution >= 4 is 35.8 Å². The van der Waals surface area contributed by atoms with Gasteiger partial charge in [0.25, 0.3) is 5.91 Å². The van der Waals surface area contributed by atoms with Gasteiger partial charge in [0.05, 0.1) is 0 Å². The quantitative estimate of drug-likeness (QED) is 0.249. The number of unbranched alkanes of at least 4 members (excludes halogenated alkanes) is 2. The summed E-state index contributed by atoms with van der Waals surface area (Å²) in [6, 6.07) is 7.99. The topological polar surface area (TPSA) is 65.5 Å². The number of amides is 1. The van der Waals surface area contributed by atoms with Gasteiger partial charge in [-0.3, -0.25) is 9.79 Å². The second-order valence-corrected chi connectivity index (χ2v) is 5.75. The summed E-state index contributed by atoms with van der Waals surface area (Å²) in [6.45, 7) is 5.02. The molecule has 0 radical (unpaired) electrons. The second-order valence-electron chi connectivity index (χ2n) is 5.75. The normalized spacial score (nSPS) is 12.1. The van der Waals surface area contributed by atoms with E-state index in [1.165, 1.54) is 19.3 Å². The van der Waals surface area contributed by atoms with Crippen molar-refractivity contribution in [1.82, 2.24) is 16.0 Å². The van der Waals surface area contributed by atoms with E-state index in [1.54, 1.807) is 14.1 Å². The largest absolute Gasteiger partial charge is 0.355 e. The van der Waals surface area contributed by atoms with Crippen LogP contribution in [-0.4, -0.2) is 32.0 Å². The molecule has 0 bridgehead atoms. The first-order valence-corrected chi connectivity index (χ1v) is 8.38. The fraction of sp³-hybridized carbons (Fsp3) is 0.556. The Morgan fingerprint density at radius 3 is 2.67 bits per heavy atom. The number of nitrogens with one attached hydrogen (secondary N) is 3. The van der Waals surface area contributed by atoms with Crippen molar-refractivity contribution in [2.24, 2.45) is 4.99 Å². The minimum absolute atomic E-state index is 0. The minimum Gasteiger partial charge on any atom is -0.355 e. The summed E-state index contributed by atoms with van der Waals surface area (Å²) >= 11 is 0. The predicted molar refractivity (Wildman–Crippen MR) is 112 cm³/mol. The van der Waals surface area contributed by atoms with Crippen molar-refractivity contribution in [3.05, 3.63) is 35.4 Å². The van der Waals surface area contributed by atoms with Crippen LogP contribution in [0, 0.1) is 0 Å². The van der Waals surface area contributed by atoms with E-state index in [0.717, 1.165) is 17.9 Å². The standard InChI is InChI=1S/C18H30N4O.HI/c1-5-6-7-9-14(2)22-18(20-4)21-13-15-10-8-11-16(12-15)17(23)19-3;/h8,10-12,14H,5-7,9,13H2,1-4H3,(H,19,23)(H2,20,21,22);1H. The highest BCUT2D eigenvalue weighted by atomic mass is 127. The zero-order valence-corrected chi connectivity index (χ0v) is 17.5. The number of hydrogen-bond acceptors (Lipinski definition) is 2. The molecule has 0 aromatic heterocycles. The number of rotatable bonds is 8. The van der Waals surface area contributed by atoms with Gasteiger partial charge in [0.1, 0.15) is 0 Å². The van der Waals surface area contributed by atoms with E-state index in [-0.39, 0.29) is 29.9 Å². The Balaban J connectivity index is 0.00000529. The van der Waals surface area contributed by atoms with Crippen LogP contribution in [-0.2, 0) is 6.54 Å². The van der Waals surface area contributed by atoms with E-state index in [1.807, 2.05) is 24.3 Å². The van der Waals surface area contributed by atoms with Crippen molar-refractivity contribution in [3.63, 3.8) is 0 Å². The van der Waals surface area contributed by atoms with Gasteiger partial charge in [0.15, 0.2) is 5.96 Å². The molecule has 0 fully saturated rings. The lowest BCUT2D eigenvalue weighted by Crippen LogP contribution is -2.41. The van der Waals surface area contributed by atoms with Gasteiger partial charge in [-0.05, 0) is 31.0 Å². The molecule has 3 N–H and O–H groups in total. The first-order chi connectivity index (χ1) is 11.1. The van der Waals surface area contributed by atoms with Gasteiger partial charge in [-0.15, -0.1) is 24.0 Å². The Bertz CT molecular complexity index is 519. The van der Waals surface area contributed by atoms with Gasteiger partial charge in [0, 0.05) is 32.2 Å². The number of benzene rings is 1. The molecule has 1 aromatic carbocycles. The number of hydrogen-bond donors (Lipinski definition) is 3. The Morgan fingerprint density at radius 2 is 2.04 bits per heavy atom. The monoisotopic (exact) mass is 446 g/mol. The first kappa shape index (κ1) is 22.7. The fourth-order valence-electron chi connectivity index (χ4n) is 2.35. The third-order valence-corrected chi connectivity index (χ3v) is 3.72. The van der Waals surface area contributed by atoms with Crippen LogP contribution in [0.15, 0.2) is 29.3 Å². The van der Waals surface area contributed by atoms with Crippen LogP contribution in [0.1, 0.15) is 55.5 Å². The molecule has 1 rings (SSSR count). The number of guanidine groups is 1. The molecule has 1 unspecified atom stereocenters. The lowest BCUT2D eigenvalue weighted by atomic mass is 10.1. The van der Waals surface area contributed by atoms with Gasteiger partial charge in [-0.25, -0.2) is 0 Å². The number of halogens is 1. The SMILES string of the molecule is CCCCCC(C)NC(=NC)NCc1cccc(C(=O)NC)c1.I. The summed E-state index contributed by atoms with van der Waals surface area (Å²) in [5.41, 5.74) is 1.72. The van der Waals surface area contributed by atoms with Crippen molar-refractivity contribution in [2.75, 3.05) is 14.1 Å². The molecule has 0 aliphatic rings. The van der Waals surface area contributed by atoms with Crippen LogP contribution in [0.5, 0.6) is 0 Å². The minimum atomic E-state index is -0.0705. The molecule has 24 heavy (non-hydrogen) atoms. The molecule has 136 valence electrons. The van der Waals surface area contributed by atoms with Crippen molar-refractivity contribution < 1.29 is 4.79 Å². The average molecular weight is 446 g/mol. The van der Waals surface area contributed by atoms with Crippen LogP contribution in [0.2, 0.25) is 0 Å². The Labute approximate surface area is 163 Å². The van der Waals surface area contributed by atoms with Gasteiger partial charge in [0.2, 0.25) is 0 Å². The molecule has 0 saturated heterocycles. The fourth-order valence-corrected chi connectivity index (χ4v) is 2.35. The molecule has 0 saturated carbocycles. The van der Waals surface area contributed by atoms with E-state index in [4.69, 9.17) is 0 Å². The maximum atomic E-state index is 11.7. The highest BCUT2D eigenvalue weighted by Gasteiger charge is 2.06. The third kappa shape index (κ3) is 8.52. The van der Waals surface area contributed by atoms with E-state index in [0.29, 0.717) is 18.2 Å². The van der Waals surface area contributed by atoms with Crippen LogP contribution in [0.3, 0.4) is 0 Å².